The van der Waals surface area contributed by atoms with Crippen LogP contribution < -0.4 is 41.5 Å². The van der Waals surface area contributed by atoms with Gasteiger partial charge in [0.25, 0.3) is 22.2 Å². The molecule has 0 aliphatic carbocycles. The molecule has 13 heteroatoms. The highest BCUT2D eigenvalue weighted by Gasteiger charge is 2.72. The molecule has 0 radical (unpaired) electrons. The van der Waals surface area contributed by atoms with Gasteiger partial charge in [-0.15, -0.1) is 0 Å². The standard InChI is InChI=1S/C63H68N2O9Si2/c1-60(2,3)75(51-26-16-10-17-27-51,52-28-18-11-19-29-52)72-45-62(63(47-34-38-49(69-7)39-35-47,48-36-40-50(70-8)41-37-48)71-44-46-24-14-9-15-25-46)57(56(67)58(73-62)65-43-42-55(66)64-59(65)68)74-76(61(4,5)6,53-30-20-12-21-31-53)54-32-22-13-23-33-54/h9-43,56-58,67H,44-45H2,1-8H3,(H,64,66,68). The Morgan fingerprint density at radius 1 is 0.566 bits per heavy atom. The van der Waals surface area contributed by atoms with Gasteiger partial charge in [-0.25, -0.2) is 4.79 Å². The molecule has 0 bridgehead atoms. The van der Waals surface area contributed by atoms with Gasteiger partial charge in [0.15, 0.2) is 17.4 Å². The third-order valence-electron chi connectivity index (χ3n) is 15.0. The summed E-state index contributed by atoms with van der Waals surface area (Å²) in [6, 6.07) is 67.6. The van der Waals surface area contributed by atoms with Crippen LogP contribution >= 0.6 is 0 Å². The summed E-state index contributed by atoms with van der Waals surface area (Å²) in [6.45, 7) is 12.9. The molecule has 76 heavy (non-hydrogen) atoms. The van der Waals surface area contributed by atoms with Crippen molar-refractivity contribution in [2.24, 2.45) is 0 Å². The number of nitrogens with zero attached hydrogens (tertiary/aromatic N) is 1. The minimum Gasteiger partial charge on any atom is -0.497 e. The second-order valence-corrected chi connectivity index (χ2v) is 30.0. The van der Waals surface area contributed by atoms with E-state index in [0.717, 1.165) is 26.3 Å². The average Bonchev–Trinajstić information content (AvgIpc) is 3.86. The van der Waals surface area contributed by atoms with Crippen molar-refractivity contribution >= 4 is 37.4 Å². The Labute approximate surface area is 447 Å². The predicted molar refractivity (Wildman–Crippen MR) is 304 cm³/mol. The van der Waals surface area contributed by atoms with E-state index in [-0.39, 0.29) is 13.2 Å². The maximum atomic E-state index is 14.4. The van der Waals surface area contributed by atoms with Crippen LogP contribution in [-0.4, -0.2) is 69.9 Å². The Balaban J connectivity index is 1.47. The van der Waals surface area contributed by atoms with Crippen molar-refractivity contribution in [2.45, 2.75) is 87.9 Å². The molecule has 4 unspecified atom stereocenters. The second-order valence-electron chi connectivity index (χ2n) is 21.5. The van der Waals surface area contributed by atoms with Crippen LogP contribution in [0.3, 0.4) is 0 Å². The summed E-state index contributed by atoms with van der Waals surface area (Å²) in [4.78, 5) is 29.8. The first-order valence-corrected chi connectivity index (χ1v) is 29.5. The molecule has 4 atom stereocenters. The average molecular weight is 1050 g/mol. The summed E-state index contributed by atoms with van der Waals surface area (Å²) in [5.74, 6) is 1.19. The first kappa shape index (κ1) is 53.9. The molecule has 1 aliphatic rings. The number of benzene rings is 7. The smallest absolute Gasteiger partial charge is 0.330 e. The van der Waals surface area contributed by atoms with E-state index in [9.17, 15) is 14.7 Å². The van der Waals surface area contributed by atoms with Gasteiger partial charge in [0.1, 0.15) is 23.7 Å². The minimum atomic E-state index is -3.76. The van der Waals surface area contributed by atoms with E-state index >= 15 is 0 Å². The highest BCUT2D eigenvalue weighted by molar-refractivity contribution is 7.00. The third-order valence-corrected chi connectivity index (χ3v) is 25.0. The van der Waals surface area contributed by atoms with Crippen molar-refractivity contribution in [3.05, 3.63) is 250 Å². The number of aliphatic hydroxyl groups excluding tert-OH is 1. The highest BCUT2D eigenvalue weighted by Crippen LogP contribution is 2.57. The molecule has 9 rings (SSSR count). The largest absolute Gasteiger partial charge is 0.497 e. The third kappa shape index (κ3) is 9.66. The first-order valence-electron chi connectivity index (χ1n) is 25.7. The fourth-order valence-electron chi connectivity index (χ4n) is 11.5. The molecule has 0 amide bonds. The van der Waals surface area contributed by atoms with Gasteiger partial charge in [0.2, 0.25) is 0 Å². The van der Waals surface area contributed by atoms with E-state index in [1.54, 1.807) is 14.2 Å². The second kappa shape index (κ2) is 22.0. The lowest BCUT2D eigenvalue weighted by atomic mass is 9.69. The summed E-state index contributed by atoms with van der Waals surface area (Å²) in [7, 11) is -4.09. The molecule has 1 fully saturated rings. The molecule has 392 valence electrons. The van der Waals surface area contributed by atoms with Crippen LogP contribution in [0.5, 0.6) is 11.5 Å². The van der Waals surface area contributed by atoms with Crippen LogP contribution in [-0.2, 0) is 30.5 Å². The SMILES string of the molecule is COc1ccc(C(OCc2ccccc2)(c2ccc(OC)cc2)C2(CO[Si](c3ccccc3)(c3ccccc3)C(C)(C)C)OC(n3ccc(=O)[nH]c3=O)C(O)C2O[Si](c2ccccc2)(c2ccccc2)C(C)(C)C)cc1. The molecule has 0 spiro atoms. The van der Waals surface area contributed by atoms with Gasteiger partial charge in [-0.1, -0.05) is 217 Å². The number of nitrogens with one attached hydrogen (secondary N) is 1. The maximum absolute atomic E-state index is 14.4. The molecule has 7 aromatic carbocycles. The maximum Gasteiger partial charge on any atom is 0.330 e. The summed E-state index contributed by atoms with van der Waals surface area (Å²) in [5, 5.41) is 16.7. The van der Waals surface area contributed by atoms with Gasteiger partial charge < -0.3 is 32.9 Å². The predicted octanol–water partition coefficient (Wildman–Crippen LogP) is 8.86. The number of H-pyrrole nitrogens is 1. The number of ether oxygens (including phenoxy) is 4. The quantitative estimate of drug-likeness (QED) is 0.0810. The van der Waals surface area contributed by atoms with Crippen LogP contribution in [0.2, 0.25) is 10.1 Å². The zero-order valence-electron chi connectivity index (χ0n) is 44.5. The van der Waals surface area contributed by atoms with Crippen molar-refractivity contribution in [1.29, 1.82) is 0 Å². The van der Waals surface area contributed by atoms with Gasteiger partial charge in [0, 0.05) is 12.3 Å². The molecule has 1 aromatic heterocycles. The van der Waals surface area contributed by atoms with Gasteiger partial charge in [-0.3, -0.25) is 14.3 Å². The van der Waals surface area contributed by atoms with Crippen LogP contribution in [0.1, 0.15) is 64.5 Å². The van der Waals surface area contributed by atoms with Crippen molar-refractivity contribution in [3.63, 3.8) is 0 Å². The van der Waals surface area contributed by atoms with E-state index in [1.165, 1.54) is 16.8 Å². The number of aromatic amines is 1. The zero-order chi connectivity index (χ0) is 53.8. The van der Waals surface area contributed by atoms with Crippen molar-refractivity contribution in [3.8, 4) is 11.5 Å². The Morgan fingerprint density at radius 2 is 0.974 bits per heavy atom. The summed E-state index contributed by atoms with van der Waals surface area (Å²) in [6.07, 6.45) is -3.17. The number of aromatic nitrogens is 2. The van der Waals surface area contributed by atoms with Crippen LogP contribution in [0, 0.1) is 0 Å². The Kier molecular flexibility index (Phi) is 15.6. The summed E-state index contributed by atoms with van der Waals surface area (Å²) < 4.78 is 45.4. The molecule has 11 nitrogen and oxygen atoms in total. The summed E-state index contributed by atoms with van der Waals surface area (Å²) >= 11 is 0. The van der Waals surface area contributed by atoms with E-state index in [4.69, 9.17) is 27.8 Å². The van der Waals surface area contributed by atoms with Gasteiger partial charge in [-0.2, -0.15) is 0 Å². The number of aliphatic hydroxyl groups is 1. The van der Waals surface area contributed by atoms with Crippen molar-refractivity contribution < 1.29 is 32.9 Å². The molecule has 0 saturated carbocycles. The monoisotopic (exact) mass is 1050 g/mol. The number of methoxy groups -OCH3 is 2. The molecule has 8 aromatic rings. The normalized spacial score (nSPS) is 18.3. The van der Waals surface area contributed by atoms with Crippen LogP contribution in [0.25, 0.3) is 0 Å². The lowest BCUT2D eigenvalue weighted by molar-refractivity contribution is -0.237. The van der Waals surface area contributed by atoms with E-state index in [0.29, 0.717) is 22.6 Å². The van der Waals surface area contributed by atoms with Crippen molar-refractivity contribution in [2.75, 3.05) is 20.8 Å². The molecule has 1 aliphatic heterocycles. The van der Waals surface area contributed by atoms with E-state index in [1.807, 2.05) is 152 Å². The molecular weight excluding hydrogens is 985 g/mol. The first-order chi connectivity index (χ1) is 36.5. The number of rotatable bonds is 18. The Bertz CT molecular complexity index is 3150. The van der Waals surface area contributed by atoms with Gasteiger partial charge in [-0.05, 0) is 71.8 Å². The lowest BCUT2D eigenvalue weighted by Crippen LogP contribution is -2.74. The van der Waals surface area contributed by atoms with Crippen molar-refractivity contribution in [1.82, 2.24) is 9.55 Å². The lowest BCUT2D eigenvalue weighted by Gasteiger charge is -2.55. The highest BCUT2D eigenvalue weighted by atomic mass is 28.4. The molecule has 1 saturated heterocycles. The van der Waals surface area contributed by atoms with Gasteiger partial charge >= 0.3 is 5.69 Å². The topological polar surface area (TPSA) is 130 Å². The Morgan fingerprint density at radius 3 is 1.37 bits per heavy atom. The number of hydrogen-bond acceptors (Lipinski definition) is 9. The van der Waals surface area contributed by atoms with E-state index in [2.05, 4.69) is 95.1 Å². The summed E-state index contributed by atoms with van der Waals surface area (Å²) in [5.41, 5.74) is -3.11. The zero-order valence-corrected chi connectivity index (χ0v) is 46.5. The van der Waals surface area contributed by atoms with Gasteiger partial charge in [0.05, 0.1) is 27.4 Å². The van der Waals surface area contributed by atoms with E-state index < -0.39 is 67.6 Å². The number of hydrogen-bond donors (Lipinski definition) is 2. The fourth-order valence-corrected chi connectivity index (χ4v) is 20.8. The molecular formula is C63H68N2O9Si2. The van der Waals surface area contributed by atoms with Crippen LogP contribution in [0.15, 0.2) is 222 Å². The molecule has 2 heterocycles. The Hall–Kier alpha value is -6.95. The fraction of sp³-hybridized carbons (Fsp3) is 0.270. The van der Waals surface area contributed by atoms with Crippen LogP contribution in [0.4, 0.5) is 0 Å². The molecule has 2 N–H and O–H groups in total. The minimum absolute atomic E-state index is 0.0362.